The van der Waals surface area contributed by atoms with Crippen LogP contribution >= 0.6 is 0 Å². The fourth-order valence-corrected chi connectivity index (χ4v) is 1.46. The first-order valence-corrected chi connectivity index (χ1v) is 4.43. The van der Waals surface area contributed by atoms with E-state index in [0.29, 0.717) is 5.84 Å². The second kappa shape index (κ2) is 2.98. The molecule has 0 radical (unpaired) electrons. The van der Waals surface area contributed by atoms with Gasteiger partial charge in [-0.1, -0.05) is 0 Å². The third-order valence-corrected chi connectivity index (χ3v) is 2.33. The number of allylic oxidation sites excluding steroid dienone is 2. The minimum atomic E-state index is -0.550. The van der Waals surface area contributed by atoms with Gasteiger partial charge in [0.05, 0.1) is 5.70 Å². The molecule has 0 aromatic carbocycles. The van der Waals surface area contributed by atoms with E-state index in [1.165, 1.54) is 0 Å². The fourth-order valence-electron chi connectivity index (χ4n) is 1.46. The van der Waals surface area contributed by atoms with Gasteiger partial charge in [-0.3, -0.25) is 10.5 Å². The van der Waals surface area contributed by atoms with Crippen LogP contribution in [0.1, 0.15) is 13.8 Å². The molecule has 2 heterocycles. The molecular weight excluding hydrogens is 182 g/mol. The van der Waals surface area contributed by atoms with Gasteiger partial charge in [-0.25, -0.2) is 4.99 Å². The van der Waals surface area contributed by atoms with Crippen molar-refractivity contribution in [3.63, 3.8) is 0 Å². The molecule has 2 aliphatic heterocycles. The number of nitrogens with zero attached hydrogens (tertiary/aromatic N) is 1. The Morgan fingerprint density at radius 3 is 2.71 bits per heavy atom. The summed E-state index contributed by atoms with van der Waals surface area (Å²) in [4.78, 5) is 15.8. The van der Waals surface area contributed by atoms with Crippen molar-refractivity contribution in [2.24, 2.45) is 10.7 Å². The van der Waals surface area contributed by atoms with E-state index < -0.39 is 12.3 Å². The number of carbonyl (C=O) groups excluding carboxylic acids is 1. The van der Waals surface area contributed by atoms with Crippen molar-refractivity contribution in [2.45, 2.75) is 26.2 Å². The van der Waals surface area contributed by atoms with Crippen molar-refractivity contribution < 1.29 is 4.79 Å². The van der Waals surface area contributed by atoms with E-state index in [9.17, 15) is 4.79 Å². The van der Waals surface area contributed by atoms with E-state index in [-0.39, 0.29) is 5.91 Å². The second-order valence-corrected chi connectivity index (χ2v) is 3.42. The number of rotatable bonds is 0. The summed E-state index contributed by atoms with van der Waals surface area (Å²) in [5.74, 6) is 0.436. The first-order valence-electron chi connectivity index (χ1n) is 4.43. The van der Waals surface area contributed by atoms with E-state index in [2.05, 4.69) is 20.9 Å². The third kappa shape index (κ3) is 1.33. The summed E-state index contributed by atoms with van der Waals surface area (Å²) in [6.45, 7) is 3.77. The van der Waals surface area contributed by atoms with Crippen LogP contribution in [0.4, 0.5) is 0 Å². The Morgan fingerprint density at radius 2 is 2.00 bits per heavy atom. The minimum absolute atomic E-state index is 0.151. The molecule has 2 aliphatic rings. The van der Waals surface area contributed by atoms with Gasteiger partial charge in [0.2, 0.25) is 0 Å². The van der Waals surface area contributed by atoms with Gasteiger partial charge < -0.3 is 16.0 Å². The predicted molar refractivity (Wildman–Crippen MR) is 52.0 cm³/mol. The first kappa shape index (κ1) is 9.01. The second-order valence-electron chi connectivity index (χ2n) is 3.42. The summed E-state index contributed by atoms with van der Waals surface area (Å²) in [5.41, 5.74) is 7.32. The lowest BCUT2D eigenvalue weighted by molar-refractivity contribution is -0.123. The summed E-state index contributed by atoms with van der Waals surface area (Å²) < 4.78 is 0. The van der Waals surface area contributed by atoms with Crippen LogP contribution in [-0.4, -0.2) is 24.1 Å². The predicted octanol–water partition coefficient (Wildman–Crippen LogP) is -1.43. The van der Waals surface area contributed by atoms with E-state index in [4.69, 9.17) is 5.73 Å². The van der Waals surface area contributed by atoms with Crippen molar-refractivity contribution in [3.8, 4) is 0 Å². The molecule has 2 rings (SSSR count). The van der Waals surface area contributed by atoms with Gasteiger partial charge in [0.1, 0.15) is 5.84 Å². The summed E-state index contributed by atoms with van der Waals surface area (Å²) >= 11 is 0. The number of hydrogen-bond acceptors (Lipinski definition) is 5. The Kier molecular flexibility index (Phi) is 1.92. The normalized spacial score (nSPS) is 31.1. The Labute approximate surface area is 81.6 Å². The molecule has 14 heavy (non-hydrogen) atoms. The zero-order valence-electron chi connectivity index (χ0n) is 8.09. The lowest BCUT2D eigenvalue weighted by atomic mass is 10.1. The topological polar surface area (TPSA) is 91.5 Å². The molecule has 0 spiro atoms. The number of fused-ring (bicyclic) bond motifs is 1. The van der Waals surface area contributed by atoms with Crippen LogP contribution in [-0.2, 0) is 4.79 Å². The largest absolute Gasteiger partial charge is 0.370 e. The van der Waals surface area contributed by atoms with Crippen molar-refractivity contribution in [1.82, 2.24) is 16.0 Å². The molecule has 0 saturated carbocycles. The van der Waals surface area contributed by atoms with E-state index in [1.807, 2.05) is 13.8 Å². The Hall–Kier alpha value is -1.56. The molecule has 2 atom stereocenters. The third-order valence-electron chi connectivity index (χ3n) is 2.33. The molecule has 6 nitrogen and oxygen atoms in total. The molecule has 1 fully saturated rings. The monoisotopic (exact) mass is 195 g/mol. The van der Waals surface area contributed by atoms with Crippen molar-refractivity contribution >= 4 is 11.7 Å². The van der Waals surface area contributed by atoms with E-state index in [0.717, 1.165) is 11.4 Å². The van der Waals surface area contributed by atoms with Crippen LogP contribution in [0.5, 0.6) is 0 Å². The van der Waals surface area contributed by atoms with Gasteiger partial charge >= 0.3 is 0 Å². The molecule has 5 N–H and O–H groups in total. The number of aliphatic imine (C=N–C) groups is 1. The molecule has 0 aromatic rings. The Bertz CT molecular complexity index is 346. The lowest BCUT2D eigenvalue weighted by Gasteiger charge is -2.33. The number of amidine groups is 1. The molecule has 0 bridgehead atoms. The van der Waals surface area contributed by atoms with Crippen molar-refractivity contribution in [3.05, 3.63) is 11.4 Å². The van der Waals surface area contributed by atoms with Crippen molar-refractivity contribution in [1.29, 1.82) is 0 Å². The standard InChI is InChI=1S/C8H13N5O/c1-3-4(2)11-6-5(10-3)7(14)13-8(9)12-6/h5,8,10H,9H2,1-2H3,(H,11,12)(H,13,14). The van der Waals surface area contributed by atoms with E-state index >= 15 is 0 Å². The van der Waals surface area contributed by atoms with Gasteiger partial charge in [-0.05, 0) is 13.8 Å². The van der Waals surface area contributed by atoms with Gasteiger partial charge in [0.15, 0.2) is 12.3 Å². The summed E-state index contributed by atoms with van der Waals surface area (Å²) in [6.07, 6.45) is -0.550. The van der Waals surface area contributed by atoms with Crippen LogP contribution < -0.4 is 21.7 Å². The van der Waals surface area contributed by atoms with Crippen LogP contribution in [0.2, 0.25) is 0 Å². The molecule has 1 saturated heterocycles. The van der Waals surface area contributed by atoms with Crippen LogP contribution in [0.15, 0.2) is 16.4 Å². The quantitative estimate of drug-likeness (QED) is 0.381. The van der Waals surface area contributed by atoms with Crippen molar-refractivity contribution in [2.75, 3.05) is 0 Å². The summed E-state index contributed by atoms with van der Waals surface area (Å²) in [6, 6.07) is -0.432. The number of hydrogen-bond donors (Lipinski definition) is 4. The maximum atomic E-state index is 11.5. The smallest absolute Gasteiger partial charge is 0.252 e. The number of nitrogens with two attached hydrogens (primary N) is 1. The highest BCUT2D eigenvalue weighted by Crippen LogP contribution is 2.11. The first-order chi connectivity index (χ1) is 6.58. The molecule has 0 aromatic heterocycles. The highest BCUT2D eigenvalue weighted by Gasteiger charge is 2.33. The molecule has 1 amide bonds. The zero-order chi connectivity index (χ0) is 10.3. The maximum Gasteiger partial charge on any atom is 0.252 e. The van der Waals surface area contributed by atoms with E-state index in [1.54, 1.807) is 0 Å². The zero-order valence-corrected chi connectivity index (χ0v) is 8.09. The Balaban J connectivity index is 2.31. The number of nitrogens with one attached hydrogen (secondary N) is 3. The summed E-state index contributed by atoms with van der Waals surface area (Å²) in [7, 11) is 0. The van der Waals surface area contributed by atoms with Gasteiger partial charge in [0, 0.05) is 5.70 Å². The maximum absolute atomic E-state index is 11.5. The van der Waals surface area contributed by atoms with Crippen LogP contribution in [0, 0.1) is 0 Å². The average molecular weight is 195 g/mol. The fraction of sp³-hybridized carbons (Fsp3) is 0.500. The molecular formula is C8H13N5O. The highest BCUT2D eigenvalue weighted by molar-refractivity contribution is 6.10. The molecule has 0 aliphatic carbocycles. The molecule has 6 heteroatoms. The highest BCUT2D eigenvalue weighted by atomic mass is 16.2. The lowest BCUT2D eigenvalue weighted by Crippen LogP contribution is -2.69. The molecule has 2 unspecified atom stereocenters. The summed E-state index contributed by atoms with van der Waals surface area (Å²) in [5, 5.41) is 8.53. The number of carbonyl (C=O) groups is 1. The SMILES string of the molecule is CC1=C(C)NC2C(=O)NC(N)NC2=N1. The Morgan fingerprint density at radius 1 is 1.29 bits per heavy atom. The van der Waals surface area contributed by atoms with Crippen LogP contribution in [0.25, 0.3) is 0 Å². The van der Waals surface area contributed by atoms with Crippen LogP contribution in [0.3, 0.4) is 0 Å². The minimum Gasteiger partial charge on any atom is -0.370 e. The van der Waals surface area contributed by atoms with Gasteiger partial charge in [0.25, 0.3) is 5.91 Å². The number of amides is 1. The van der Waals surface area contributed by atoms with Gasteiger partial charge in [-0.2, -0.15) is 0 Å². The molecule has 76 valence electrons. The van der Waals surface area contributed by atoms with Gasteiger partial charge in [-0.15, -0.1) is 0 Å². The average Bonchev–Trinajstić information content (AvgIpc) is 2.08.